The van der Waals surface area contributed by atoms with Crippen LogP contribution in [0.3, 0.4) is 0 Å². The molecule has 0 bridgehead atoms. The van der Waals surface area contributed by atoms with Crippen molar-refractivity contribution in [3.8, 4) is 0 Å². The lowest BCUT2D eigenvalue weighted by molar-refractivity contribution is 0.102. The highest BCUT2D eigenvalue weighted by molar-refractivity contribution is 7.12. The number of aromatic nitrogens is 1. The number of rotatable bonds is 4. The first-order valence-corrected chi connectivity index (χ1v) is 6.09. The average Bonchev–Trinajstić information content (AvgIpc) is 2.79. The van der Waals surface area contributed by atoms with Crippen molar-refractivity contribution in [3.63, 3.8) is 0 Å². The lowest BCUT2D eigenvalue weighted by Crippen LogP contribution is -2.12. The average molecular weight is 244 g/mol. The molecule has 86 valence electrons. The molecule has 1 aromatic heterocycles. The molecule has 0 aliphatic heterocycles. The highest BCUT2D eigenvalue weighted by Crippen LogP contribution is 2.16. The fourth-order valence-corrected chi connectivity index (χ4v) is 2.16. The Hall–Kier alpha value is -1.94. The number of thiazole rings is 1. The minimum absolute atomic E-state index is 0.115. The smallest absolute Gasteiger partial charge is 0.267 e. The zero-order chi connectivity index (χ0) is 12.1. The molecule has 0 spiro atoms. The summed E-state index contributed by atoms with van der Waals surface area (Å²) in [7, 11) is 0. The third kappa shape index (κ3) is 2.79. The number of carbonyl (C=O) groups excluding carboxylic acids is 1. The van der Waals surface area contributed by atoms with Gasteiger partial charge in [-0.15, -0.1) is 17.9 Å². The van der Waals surface area contributed by atoms with E-state index in [2.05, 4.69) is 16.9 Å². The number of anilines is 1. The minimum atomic E-state index is -0.115. The Labute approximate surface area is 104 Å². The van der Waals surface area contributed by atoms with Gasteiger partial charge in [-0.1, -0.05) is 24.3 Å². The van der Waals surface area contributed by atoms with E-state index in [-0.39, 0.29) is 5.91 Å². The first kappa shape index (κ1) is 11.5. The van der Waals surface area contributed by atoms with E-state index in [4.69, 9.17) is 0 Å². The summed E-state index contributed by atoms with van der Waals surface area (Å²) in [6, 6.07) is 9.38. The molecule has 0 fully saturated rings. The van der Waals surface area contributed by atoms with Crippen molar-refractivity contribution < 1.29 is 4.79 Å². The van der Waals surface area contributed by atoms with Crippen molar-refractivity contribution in [2.45, 2.75) is 6.42 Å². The lowest BCUT2D eigenvalue weighted by Gasteiger charge is -2.03. The first-order valence-electron chi connectivity index (χ1n) is 5.21. The van der Waals surface area contributed by atoms with Gasteiger partial charge in [0, 0.05) is 12.1 Å². The maximum Gasteiger partial charge on any atom is 0.267 e. The zero-order valence-electron chi connectivity index (χ0n) is 9.22. The number of nitrogens with zero attached hydrogens (tertiary/aromatic N) is 1. The number of allylic oxidation sites excluding steroid dienone is 1. The lowest BCUT2D eigenvalue weighted by atomic mass is 10.2. The second-order valence-corrected chi connectivity index (χ2v) is 4.30. The van der Waals surface area contributed by atoms with Gasteiger partial charge in [-0.2, -0.15) is 0 Å². The molecule has 1 N–H and O–H groups in total. The standard InChI is InChI=1S/C13H12N2OS/c1-2-6-11-12(17-9-14-11)13(16)15-10-7-4-3-5-8-10/h2-5,7-9H,1,6H2,(H,15,16). The molecule has 1 heterocycles. The van der Waals surface area contributed by atoms with Crippen LogP contribution in [0.4, 0.5) is 5.69 Å². The number of carbonyl (C=O) groups is 1. The van der Waals surface area contributed by atoms with Crippen LogP contribution in [-0.2, 0) is 6.42 Å². The van der Waals surface area contributed by atoms with E-state index in [0.29, 0.717) is 11.3 Å². The van der Waals surface area contributed by atoms with Gasteiger partial charge in [-0.05, 0) is 12.1 Å². The first-order chi connectivity index (χ1) is 8.31. The number of hydrogen-bond donors (Lipinski definition) is 1. The molecule has 0 atom stereocenters. The Morgan fingerprint density at radius 3 is 2.88 bits per heavy atom. The van der Waals surface area contributed by atoms with Crippen molar-refractivity contribution in [1.82, 2.24) is 4.98 Å². The third-order valence-electron chi connectivity index (χ3n) is 2.22. The van der Waals surface area contributed by atoms with E-state index >= 15 is 0 Å². The van der Waals surface area contributed by atoms with Crippen LogP contribution < -0.4 is 5.32 Å². The molecule has 0 unspecified atom stereocenters. The number of nitrogens with one attached hydrogen (secondary N) is 1. The molecule has 3 nitrogen and oxygen atoms in total. The molecule has 0 radical (unpaired) electrons. The maximum absolute atomic E-state index is 12.0. The highest BCUT2D eigenvalue weighted by Gasteiger charge is 2.13. The van der Waals surface area contributed by atoms with Gasteiger partial charge in [0.15, 0.2) is 0 Å². The number of hydrogen-bond acceptors (Lipinski definition) is 3. The van der Waals surface area contributed by atoms with Crippen LogP contribution in [0.2, 0.25) is 0 Å². The van der Waals surface area contributed by atoms with Gasteiger partial charge in [0.2, 0.25) is 0 Å². The predicted octanol–water partition coefficient (Wildman–Crippen LogP) is 3.12. The normalized spacial score (nSPS) is 9.88. The highest BCUT2D eigenvalue weighted by atomic mass is 32.1. The maximum atomic E-state index is 12.0. The zero-order valence-corrected chi connectivity index (χ0v) is 10.0. The molecular weight excluding hydrogens is 232 g/mol. The van der Waals surface area contributed by atoms with Crippen molar-refractivity contribution in [2.75, 3.05) is 5.32 Å². The van der Waals surface area contributed by atoms with E-state index in [0.717, 1.165) is 11.4 Å². The summed E-state index contributed by atoms with van der Waals surface area (Å²) in [5.74, 6) is -0.115. The van der Waals surface area contributed by atoms with E-state index in [1.807, 2.05) is 30.3 Å². The number of amides is 1. The Morgan fingerprint density at radius 2 is 2.18 bits per heavy atom. The SMILES string of the molecule is C=CCc1ncsc1C(=O)Nc1ccccc1. The Morgan fingerprint density at radius 1 is 1.41 bits per heavy atom. The van der Waals surface area contributed by atoms with Crippen molar-refractivity contribution >= 4 is 22.9 Å². The number of para-hydroxylation sites is 1. The van der Waals surface area contributed by atoms with E-state index in [1.165, 1.54) is 11.3 Å². The van der Waals surface area contributed by atoms with Crippen LogP contribution in [0.1, 0.15) is 15.4 Å². The van der Waals surface area contributed by atoms with Crippen LogP contribution in [0.5, 0.6) is 0 Å². The summed E-state index contributed by atoms with van der Waals surface area (Å²) in [5.41, 5.74) is 3.24. The van der Waals surface area contributed by atoms with Crippen LogP contribution in [0.25, 0.3) is 0 Å². The van der Waals surface area contributed by atoms with Crippen LogP contribution in [0.15, 0.2) is 48.5 Å². The van der Waals surface area contributed by atoms with Gasteiger partial charge in [0.05, 0.1) is 11.2 Å². The fraction of sp³-hybridized carbons (Fsp3) is 0.0769. The van der Waals surface area contributed by atoms with Gasteiger partial charge in [-0.25, -0.2) is 4.98 Å². The van der Waals surface area contributed by atoms with Gasteiger partial charge < -0.3 is 5.32 Å². The monoisotopic (exact) mass is 244 g/mol. The molecule has 2 aromatic rings. The summed E-state index contributed by atoms with van der Waals surface area (Å²) < 4.78 is 0. The summed E-state index contributed by atoms with van der Waals surface area (Å²) in [6.45, 7) is 3.65. The topological polar surface area (TPSA) is 42.0 Å². The third-order valence-corrected chi connectivity index (χ3v) is 3.08. The largest absolute Gasteiger partial charge is 0.321 e. The molecule has 0 aliphatic carbocycles. The van der Waals surface area contributed by atoms with Crippen molar-refractivity contribution in [3.05, 3.63) is 59.1 Å². The summed E-state index contributed by atoms with van der Waals surface area (Å²) in [4.78, 5) is 16.8. The molecule has 0 saturated carbocycles. The van der Waals surface area contributed by atoms with Crippen LogP contribution in [0, 0.1) is 0 Å². The molecule has 1 amide bonds. The van der Waals surface area contributed by atoms with E-state index in [1.54, 1.807) is 11.6 Å². The molecule has 0 saturated heterocycles. The Kier molecular flexibility index (Phi) is 3.67. The van der Waals surface area contributed by atoms with Gasteiger partial charge in [-0.3, -0.25) is 4.79 Å². The minimum Gasteiger partial charge on any atom is -0.321 e. The second-order valence-electron chi connectivity index (χ2n) is 3.44. The molecule has 1 aromatic carbocycles. The molecule has 17 heavy (non-hydrogen) atoms. The summed E-state index contributed by atoms with van der Waals surface area (Å²) in [5, 5.41) is 2.84. The van der Waals surface area contributed by atoms with Crippen molar-refractivity contribution in [1.29, 1.82) is 0 Å². The Balaban J connectivity index is 2.15. The van der Waals surface area contributed by atoms with Crippen LogP contribution in [-0.4, -0.2) is 10.9 Å². The summed E-state index contributed by atoms with van der Waals surface area (Å²) >= 11 is 1.35. The molecule has 0 aliphatic rings. The van der Waals surface area contributed by atoms with E-state index < -0.39 is 0 Å². The van der Waals surface area contributed by atoms with Gasteiger partial charge in [0.1, 0.15) is 4.88 Å². The number of benzene rings is 1. The predicted molar refractivity (Wildman–Crippen MR) is 70.4 cm³/mol. The van der Waals surface area contributed by atoms with E-state index in [9.17, 15) is 4.79 Å². The van der Waals surface area contributed by atoms with Gasteiger partial charge >= 0.3 is 0 Å². The van der Waals surface area contributed by atoms with Crippen LogP contribution >= 0.6 is 11.3 Å². The fourth-order valence-electron chi connectivity index (χ4n) is 1.45. The molecule has 2 rings (SSSR count). The summed E-state index contributed by atoms with van der Waals surface area (Å²) in [6.07, 6.45) is 2.36. The molecular formula is C13H12N2OS. The van der Waals surface area contributed by atoms with Gasteiger partial charge in [0.25, 0.3) is 5.91 Å². The Bertz CT molecular complexity index is 519. The second kappa shape index (κ2) is 5.41. The van der Waals surface area contributed by atoms with Crippen molar-refractivity contribution in [2.24, 2.45) is 0 Å². The molecule has 4 heteroatoms. The quantitative estimate of drug-likeness (QED) is 0.840.